The van der Waals surface area contributed by atoms with E-state index in [2.05, 4.69) is 100 Å². The number of imidazole rings is 2. The van der Waals surface area contributed by atoms with E-state index in [1.807, 2.05) is 51.9 Å². The van der Waals surface area contributed by atoms with Crippen molar-refractivity contribution in [1.29, 1.82) is 0 Å². The molecule has 3 unspecified atom stereocenters. The Bertz CT molecular complexity index is 2500. The fraction of sp³-hybridized carbons (Fsp3) is 0.354. The van der Waals surface area contributed by atoms with Crippen molar-refractivity contribution in [3.05, 3.63) is 109 Å². The second-order valence-corrected chi connectivity index (χ2v) is 17.1. The lowest BCUT2D eigenvalue weighted by Crippen LogP contribution is -2.51. The molecule has 2 fully saturated rings. The minimum Gasteiger partial charge on any atom is -0.453 e. The topological polar surface area (TPSA) is 146 Å². The van der Waals surface area contributed by atoms with Gasteiger partial charge in [-0.1, -0.05) is 98.8 Å². The number of aromatic nitrogens is 4. The molecule has 2 aliphatic heterocycles. The molecular formula is C48H53N7O5. The standard InChI is InChI=1S/C48H53N7O5/c1-29(2)42(53-46(57)59-6)45(56)54-25-9-15-40(54)43-49-27-38(51-43)32-21-17-30(18-22-32)34-11-7-14-37-35(12-8-13-36(34)37)31-19-23-33(24-20-31)39-28-50-44(52-39)41-16-10-26-55(41)47(58)60-48(3,4)5/h7-8,11-14,17-24,27-29,40-42H,9-10,15-16,25-26H2,1-6H3,(H,49,51)(H,50,52)(H,53,57). The number of alkyl carbamates (subject to hydrolysis) is 1. The van der Waals surface area contributed by atoms with Gasteiger partial charge in [-0.25, -0.2) is 19.6 Å². The molecule has 4 heterocycles. The highest BCUT2D eigenvalue weighted by molar-refractivity contribution is 6.04. The highest BCUT2D eigenvalue weighted by Gasteiger charge is 2.38. The van der Waals surface area contributed by atoms with E-state index in [-0.39, 0.29) is 30.0 Å². The number of ether oxygens (including phenoxy) is 2. The van der Waals surface area contributed by atoms with Crippen LogP contribution in [0.15, 0.2) is 97.3 Å². The van der Waals surface area contributed by atoms with Crippen LogP contribution in [0.3, 0.4) is 0 Å². The maximum Gasteiger partial charge on any atom is 0.410 e. The van der Waals surface area contributed by atoms with Gasteiger partial charge in [-0.2, -0.15) is 0 Å². The predicted molar refractivity (Wildman–Crippen MR) is 233 cm³/mol. The summed E-state index contributed by atoms with van der Waals surface area (Å²) in [5.74, 6) is 1.28. The lowest BCUT2D eigenvalue weighted by Gasteiger charge is -2.30. The maximum absolute atomic E-state index is 13.6. The predicted octanol–water partition coefficient (Wildman–Crippen LogP) is 10.1. The number of fused-ring (bicyclic) bond motifs is 1. The van der Waals surface area contributed by atoms with E-state index in [9.17, 15) is 14.4 Å². The molecule has 0 spiro atoms. The number of aromatic amines is 2. The highest BCUT2D eigenvalue weighted by atomic mass is 16.6. The second-order valence-electron chi connectivity index (χ2n) is 17.1. The summed E-state index contributed by atoms with van der Waals surface area (Å²) < 4.78 is 10.4. The third-order valence-electron chi connectivity index (χ3n) is 11.6. The first kappa shape index (κ1) is 40.4. The van der Waals surface area contributed by atoms with Gasteiger partial charge in [-0.15, -0.1) is 0 Å². The molecule has 60 heavy (non-hydrogen) atoms. The Labute approximate surface area is 350 Å². The van der Waals surface area contributed by atoms with Gasteiger partial charge in [0.05, 0.1) is 43.0 Å². The van der Waals surface area contributed by atoms with Gasteiger partial charge in [-0.05, 0) is 96.5 Å². The number of hydrogen-bond acceptors (Lipinski definition) is 7. The number of rotatable bonds is 9. The smallest absolute Gasteiger partial charge is 0.410 e. The van der Waals surface area contributed by atoms with E-state index >= 15 is 0 Å². The molecular weight excluding hydrogens is 755 g/mol. The average Bonchev–Trinajstić information content (AvgIpc) is 4.09. The van der Waals surface area contributed by atoms with Gasteiger partial charge in [0.2, 0.25) is 5.91 Å². The van der Waals surface area contributed by atoms with E-state index < -0.39 is 17.7 Å². The molecule has 3 N–H and O–H groups in total. The minimum atomic E-state index is -0.684. The summed E-state index contributed by atoms with van der Waals surface area (Å²) >= 11 is 0. The zero-order chi connectivity index (χ0) is 42.1. The van der Waals surface area contributed by atoms with Crippen molar-refractivity contribution in [3.8, 4) is 44.8 Å². The van der Waals surface area contributed by atoms with Crippen LogP contribution in [0.4, 0.5) is 9.59 Å². The van der Waals surface area contributed by atoms with Gasteiger partial charge in [0.15, 0.2) is 0 Å². The van der Waals surface area contributed by atoms with Crippen molar-refractivity contribution in [3.63, 3.8) is 0 Å². The fourth-order valence-corrected chi connectivity index (χ4v) is 8.56. The van der Waals surface area contributed by atoms with Crippen LogP contribution in [0.2, 0.25) is 0 Å². The first-order valence-corrected chi connectivity index (χ1v) is 20.9. The Kier molecular flexibility index (Phi) is 11.2. The van der Waals surface area contributed by atoms with Crippen LogP contribution < -0.4 is 5.32 Å². The van der Waals surface area contributed by atoms with Crippen molar-refractivity contribution >= 4 is 28.9 Å². The van der Waals surface area contributed by atoms with Crippen molar-refractivity contribution in [2.24, 2.45) is 5.92 Å². The van der Waals surface area contributed by atoms with Crippen LogP contribution in [-0.4, -0.2) is 79.7 Å². The molecule has 12 nitrogen and oxygen atoms in total. The van der Waals surface area contributed by atoms with Crippen molar-refractivity contribution in [1.82, 2.24) is 35.1 Å². The monoisotopic (exact) mass is 807 g/mol. The summed E-state index contributed by atoms with van der Waals surface area (Å²) in [7, 11) is 1.30. The molecule has 4 aromatic carbocycles. The number of hydrogen-bond donors (Lipinski definition) is 3. The number of carbonyl (C=O) groups excluding carboxylic acids is 3. The van der Waals surface area contributed by atoms with Gasteiger partial charge in [0, 0.05) is 13.1 Å². The third kappa shape index (κ3) is 8.23. The fourth-order valence-electron chi connectivity index (χ4n) is 8.56. The van der Waals surface area contributed by atoms with E-state index in [1.165, 1.54) is 7.11 Å². The van der Waals surface area contributed by atoms with Crippen molar-refractivity contribution < 1.29 is 23.9 Å². The molecule has 2 aliphatic rings. The Balaban J connectivity index is 0.979. The Morgan fingerprint density at radius 1 is 0.700 bits per heavy atom. The molecule has 8 rings (SSSR count). The number of likely N-dealkylation sites (tertiary alicyclic amines) is 2. The molecule has 3 amide bonds. The van der Waals surface area contributed by atoms with E-state index in [1.54, 1.807) is 4.90 Å². The molecule has 6 aromatic rings. The zero-order valence-electron chi connectivity index (χ0n) is 35.1. The summed E-state index contributed by atoms with van der Waals surface area (Å²) in [6.07, 6.45) is 6.14. The van der Waals surface area contributed by atoms with Gasteiger partial charge in [-0.3, -0.25) is 9.69 Å². The second kappa shape index (κ2) is 16.7. The SMILES string of the molecule is COC(=O)NC(C(=O)N1CCCC1c1ncc(-c2ccc(-c3cccc4c(-c5ccc(-c6cnc(C7CCCN7C(=O)OC(C)(C)C)[nH]6)cc5)cccc34)cc2)[nH]1)C(C)C. The summed E-state index contributed by atoms with van der Waals surface area (Å²) in [6.45, 7) is 10.7. The minimum absolute atomic E-state index is 0.101. The van der Waals surface area contributed by atoms with Crippen LogP contribution >= 0.6 is 0 Å². The van der Waals surface area contributed by atoms with Crippen molar-refractivity contribution in [2.75, 3.05) is 20.2 Å². The highest BCUT2D eigenvalue weighted by Crippen LogP contribution is 2.38. The third-order valence-corrected chi connectivity index (χ3v) is 11.6. The molecule has 3 atom stereocenters. The Morgan fingerprint density at radius 3 is 1.63 bits per heavy atom. The zero-order valence-corrected chi connectivity index (χ0v) is 35.1. The number of amides is 3. The van der Waals surface area contributed by atoms with Crippen LogP contribution in [-0.2, 0) is 14.3 Å². The normalized spacial score (nSPS) is 17.3. The summed E-state index contributed by atoms with van der Waals surface area (Å²) in [5, 5.41) is 5.03. The molecule has 310 valence electrons. The number of carbonyl (C=O) groups is 3. The van der Waals surface area contributed by atoms with Crippen LogP contribution in [0.5, 0.6) is 0 Å². The van der Waals surface area contributed by atoms with E-state index in [0.717, 1.165) is 92.9 Å². The van der Waals surface area contributed by atoms with E-state index in [4.69, 9.17) is 19.4 Å². The molecule has 0 saturated carbocycles. The van der Waals surface area contributed by atoms with Crippen LogP contribution in [0, 0.1) is 5.92 Å². The summed E-state index contributed by atoms with van der Waals surface area (Å²) in [5.41, 5.74) is 7.74. The first-order valence-electron chi connectivity index (χ1n) is 20.9. The van der Waals surface area contributed by atoms with Gasteiger partial charge < -0.3 is 29.7 Å². The number of methoxy groups -OCH3 is 1. The maximum atomic E-state index is 13.6. The molecule has 0 aliphatic carbocycles. The lowest BCUT2D eigenvalue weighted by atomic mass is 9.92. The van der Waals surface area contributed by atoms with Gasteiger partial charge in [0.1, 0.15) is 23.3 Å². The molecule has 0 bridgehead atoms. The molecule has 2 aromatic heterocycles. The molecule has 12 heteroatoms. The number of nitrogens with zero attached hydrogens (tertiary/aromatic N) is 4. The lowest BCUT2D eigenvalue weighted by molar-refractivity contribution is -0.135. The summed E-state index contributed by atoms with van der Waals surface area (Å²) in [4.78, 5) is 58.5. The largest absolute Gasteiger partial charge is 0.453 e. The van der Waals surface area contributed by atoms with Gasteiger partial charge in [0.25, 0.3) is 0 Å². The Morgan fingerprint density at radius 2 is 1.17 bits per heavy atom. The number of H-pyrrole nitrogens is 2. The average molecular weight is 808 g/mol. The Hall–Kier alpha value is -6.43. The molecule has 0 radical (unpaired) electrons. The number of benzene rings is 4. The van der Waals surface area contributed by atoms with Crippen molar-refractivity contribution in [2.45, 2.75) is 84.0 Å². The number of nitrogens with one attached hydrogen (secondary N) is 3. The van der Waals surface area contributed by atoms with Crippen LogP contribution in [0.1, 0.15) is 84.0 Å². The quantitative estimate of drug-likeness (QED) is 0.132. The first-order chi connectivity index (χ1) is 28.9. The van der Waals surface area contributed by atoms with Crippen LogP contribution in [0.25, 0.3) is 55.5 Å². The summed E-state index contributed by atoms with van der Waals surface area (Å²) in [6, 6.07) is 28.9. The van der Waals surface area contributed by atoms with Gasteiger partial charge >= 0.3 is 12.2 Å². The van der Waals surface area contributed by atoms with E-state index in [0.29, 0.717) is 13.1 Å². The molecule has 2 saturated heterocycles.